The van der Waals surface area contributed by atoms with Gasteiger partial charge in [-0.05, 0) is 17.7 Å². The highest BCUT2D eigenvalue weighted by atomic mass is 35.5. The molecule has 0 amide bonds. The molecule has 1 aromatic carbocycles. The highest BCUT2D eigenvalue weighted by Crippen LogP contribution is 2.35. The van der Waals surface area contributed by atoms with Gasteiger partial charge in [0.2, 0.25) is 11.6 Å². The second-order valence-corrected chi connectivity index (χ2v) is 4.55. The van der Waals surface area contributed by atoms with Crippen molar-refractivity contribution in [1.82, 2.24) is 4.98 Å². The average Bonchev–Trinajstić information content (AvgIpc) is 2.63. The van der Waals surface area contributed by atoms with E-state index in [1.165, 1.54) is 6.20 Å². The Kier molecular flexibility index (Phi) is 2.49. The summed E-state index contributed by atoms with van der Waals surface area (Å²) in [6.45, 7) is 0. The first-order chi connectivity index (χ1) is 8.68. The minimum atomic E-state index is -0.618. The molecule has 1 aliphatic rings. The Morgan fingerprint density at radius 1 is 1.11 bits per heavy atom. The van der Waals surface area contributed by atoms with Crippen molar-refractivity contribution in [3.63, 3.8) is 0 Å². The highest BCUT2D eigenvalue weighted by molar-refractivity contribution is 6.49. The lowest BCUT2D eigenvalue weighted by Gasteiger charge is -2.08. The van der Waals surface area contributed by atoms with E-state index >= 15 is 0 Å². The van der Waals surface area contributed by atoms with E-state index in [9.17, 15) is 9.59 Å². The molecule has 0 saturated heterocycles. The number of rotatable bonds is 1. The SMILES string of the molecule is O=C1C(=O)C(c2cc(Cl)ccn2)c2ccccc21. The van der Waals surface area contributed by atoms with Gasteiger partial charge in [-0.2, -0.15) is 0 Å². The van der Waals surface area contributed by atoms with Gasteiger partial charge in [-0.25, -0.2) is 0 Å². The summed E-state index contributed by atoms with van der Waals surface area (Å²) in [5.74, 6) is -1.50. The van der Waals surface area contributed by atoms with Crippen molar-refractivity contribution < 1.29 is 9.59 Å². The topological polar surface area (TPSA) is 47.0 Å². The lowest BCUT2D eigenvalue weighted by atomic mass is 9.96. The lowest BCUT2D eigenvalue weighted by molar-refractivity contribution is -0.115. The number of halogens is 1. The number of hydrogen-bond acceptors (Lipinski definition) is 3. The molecule has 0 spiro atoms. The third-order valence-electron chi connectivity index (χ3n) is 3.04. The molecule has 18 heavy (non-hydrogen) atoms. The standard InChI is InChI=1S/C14H8ClNO2/c15-8-5-6-16-11(7-8)12-9-3-1-2-4-10(9)13(17)14(12)18/h1-7,12H. The van der Waals surface area contributed by atoms with Crippen LogP contribution in [0, 0.1) is 0 Å². The van der Waals surface area contributed by atoms with Gasteiger partial charge in [0.25, 0.3) is 0 Å². The molecule has 88 valence electrons. The number of Topliss-reactive ketones (excluding diaryl/α,β-unsaturated/α-hetero) is 2. The number of hydrogen-bond donors (Lipinski definition) is 0. The zero-order chi connectivity index (χ0) is 12.7. The number of fused-ring (bicyclic) bond motifs is 1. The molecule has 0 N–H and O–H groups in total. The fraction of sp³-hybridized carbons (Fsp3) is 0.0714. The Balaban J connectivity index is 2.19. The summed E-state index contributed by atoms with van der Waals surface area (Å²) in [7, 11) is 0. The minimum Gasteiger partial charge on any atom is -0.289 e. The van der Waals surface area contributed by atoms with Gasteiger partial charge >= 0.3 is 0 Å². The van der Waals surface area contributed by atoms with E-state index in [0.717, 1.165) is 0 Å². The number of ketones is 2. The van der Waals surface area contributed by atoms with Crippen molar-refractivity contribution in [3.8, 4) is 0 Å². The van der Waals surface area contributed by atoms with Crippen LogP contribution >= 0.6 is 11.6 Å². The summed E-state index contributed by atoms with van der Waals surface area (Å²) >= 11 is 5.90. The third-order valence-corrected chi connectivity index (χ3v) is 3.28. The van der Waals surface area contributed by atoms with Gasteiger partial charge in [-0.1, -0.05) is 35.9 Å². The smallest absolute Gasteiger partial charge is 0.229 e. The van der Waals surface area contributed by atoms with Crippen molar-refractivity contribution in [2.75, 3.05) is 0 Å². The lowest BCUT2D eigenvalue weighted by Crippen LogP contribution is -2.14. The molecule has 3 rings (SSSR count). The van der Waals surface area contributed by atoms with Crippen LogP contribution in [0.2, 0.25) is 5.02 Å². The number of benzene rings is 1. The molecule has 4 heteroatoms. The predicted molar refractivity (Wildman–Crippen MR) is 66.9 cm³/mol. The van der Waals surface area contributed by atoms with E-state index in [0.29, 0.717) is 21.8 Å². The van der Waals surface area contributed by atoms with E-state index < -0.39 is 17.5 Å². The summed E-state index contributed by atoms with van der Waals surface area (Å²) in [5.41, 5.74) is 1.70. The number of carbonyl (C=O) groups is 2. The maximum absolute atomic E-state index is 12.0. The molecule has 3 nitrogen and oxygen atoms in total. The van der Waals surface area contributed by atoms with Gasteiger partial charge < -0.3 is 0 Å². The van der Waals surface area contributed by atoms with Crippen molar-refractivity contribution in [3.05, 3.63) is 64.4 Å². The Morgan fingerprint density at radius 3 is 2.67 bits per heavy atom. The first-order valence-corrected chi connectivity index (χ1v) is 5.85. The third kappa shape index (κ3) is 1.56. The fourth-order valence-electron chi connectivity index (χ4n) is 2.23. The molecule has 1 heterocycles. The van der Waals surface area contributed by atoms with Crippen LogP contribution in [0.5, 0.6) is 0 Å². The normalized spacial score (nSPS) is 17.9. The Hall–Kier alpha value is -2.00. The quantitative estimate of drug-likeness (QED) is 0.738. The number of pyridine rings is 1. The summed E-state index contributed by atoms with van der Waals surface area (Å²) in [4.78, 5) is 28.0. The van der Waals surface area contributed by atoms with Crippen LogP contribution in [-0.2, 0) is 4.79 Å². The molecular formula is C14H8ClNO2. The van der Waals surface area contributed by atoms with Gasteiger partial charge in [0, 0.05) is 16.8 Å². The summed E-state index contributed by atoms with van der Waals surface area (Å²) in [6, 6.07) is 10.3. The molecule has 0 saturated carbocycles. The molecule has 2 aromatic rings. The maximum Gasteiger partial charge on any atom is 0.229 e. The molecule has 1 unspecified atom stereocenters. The summed E-state index contributed by atoms with van der Waals surface area (Å²) in [5, 5.41) is 0.504. The number of aromatic nitrogens is 1. The molecule has 1 aliphatic carbocycles. The van der Waals surface area contributed by atoms with Gasteiger partial charge in [-0.15, -0.1) is 0 Å². The van der Waals surface area contributed by atoms with Crippen LogP contribution < -0.4 is 0 Å². The van der Waals surface area contributed by atoms with Crippen LogP contribution in [0.4, 0.5) is 0 Å². The molecule has 0 bridgehead atoms. The molecule has 0 radical (unpaired) electrons. The molecule has 1 atom stereocenters. The second-order valence-electron chi connectivity index (χ2n) is 4.11. The highest BCUT2D eigenvalue weighted by Gasteiger charge is 2.39. The Bertz CT molecular complexity index is 666. The number of carbonyl (C=O) groups excluding carboxylic acids is 2. The average molecular weight is 258 g/mol. The predicted octanol–water partition coefficient (Wildman–Crippen LogP) is 2.63. The van der Waals surface area contributed by atoms with E-state index in [1.807, 2.05) is 6.07 Å². The zero-order valence-electron chi connectivity index (χ0n) is 9.26. The van der Waals surface area contributed by atoms with Crippen molar-refractivity contribution in [1.29, 1.82) is 0 Å². The van der Waals surface area contributed by atoms with Crippen LogP contribution in [0.1, 0.15) is 27.5 Å². The summed E-state index contributed by atoms with van der Waals surface area (Å²) < 4.78 is 0. The second kappa shape index (κ2) is 4.03. The molecule has 1 aromatic heterocycles. The molecule has 0 fully saturated rings. The van der Waals surface area contributed by atoms with E-state index in [2.05, 4.69) is 4.98 Å². The Labute approximate surface area is 108 Å². The van der Waals surface area contributed by atoms with Gasteiger partial charge in [0.1, 0.15) is 0 Å². The minimum absolute atomic E-state index is 0.439. The van der Waals surface area contributed by atoms with Crippen molar-refractivity contribution in [2.45, 2.75) is 5.92 Å². The Morgan fingerprint density at radius 2 is 1.89 bits per heavy atom. The molecular weight excluding hydrogens is 250 g/mol. The van der Waals surface area contributed by atoms with Gasteiger partial charge in [-0.3, -0.25) is 14.6 Å². The van der Waals surface area contributed by atoms with E-state index in [-0.39, 0.29) is 0 Å². The van der Waals surface area contributed by atoms with Crippen molar-refractivity contribution in [2.24, 2.45) is 0 Å². The fourth-order valence-corrected chi connectivity index (χ4v) is 2.40. The monoisotopic (exact) mass is 257 g/mol. The van der Waals surface area contributed by atoms with Gasteiger partial charge in [0.05, 0.1) is 11.6 Å². The largest absolute Gasteiger partial charge is 0.289 e. The first kappa shape index (κ1) is 11.1. The molecule has 0 aliphatic heterocycles. The van der Waals surface area contributed by atoms with Gasteiger partial charge in [0.15, 0.2) is 0 Å². The van der Waals surface area contributed by atoms with Crippen LogP contribution in [0.15, 0.2) is 42.6 Å². The number of nitrogens with zero attached hydrogens (tertiary/aromatic N) is 1. The van der Waals surface area contributed by atoms with Crippen LogP contribution in [-0.4, -0.2) is 16.6 Å². The van der Waals surface area contributed by atoms with E-state index in [1.54, 1.807) is 30.3 Å². The maximum atomic E-state index is 12.0. The first-order valence-electron chi connectivity index (χ1n) is 5.47. The van der Waals surface area contributed by atoms with E-state index in [4.69, 9.17) is 11.6 Å². The van der Waals surface area contributed by atoms with Crippen molar-refractivity contribution >= 4 is 23.2 Å². The van der Waals surface area contributed by atoms with Crippen LogP contribution in [0.3, 0.4) is 0 Å². The zero-order valence-corrected chi connectivity index (χ0v) is 10.0. The summed E-state index contributed by atoms with van der Waals surface area (Å²) in [6.07, 6.45) is 1.54. The van der Waals surface area contributed by atoms with Crippen LogP contribution in [0.25, 0.3) is 0 Å².